The second-order valence-corrected chi connectivity index (χ2v) is 4.92. The average Bonchev–Trinajstić information content (AvgIpc) is 2.93. The first kappa shape index (κ1) is 12.3. The predicted octanol–water partition coefficient (Wildman–Crippen LogP) is 3.00. The highest BCUT2D eigenvalue weighted by Crippen LogP contribution is 2.24. The summed E-state index contributed by atoms with van der Waals surface area (Å²) in [5.41, 5.74) is 1.26. The summed E-state index contributed by atoms with van der Waals surface area (Å²) in [6.07, 6.45) is 3.35. The fourth-order valence-corrected chi connectivity index (χ4v) is 2.29. The molecule has 1 aromatic carbocycles. The first-order valence-corrected chi connectivity index (χ1v) is 6.57. The Morgan fingerprint density at radius 3 is 3.00 bits per heavy atom. The van der Waals surface area contributed by atoms with Crippen LogP contribution in [0.15, 0.2) is 22.7 Å². The van der Waals surface area contributed by atoms with E-state index in [-0.39, 0.29) is 11.9 Å². The summed E-state index contributed by atoms with van der Waals surface area (Å²) in [6.45, 7) is 2.70. The molecule has 1 atom stereocenters. The van der Waals surface area contributed by atoms with Gasteiger partial charge in [-0.3, -0.25) is 0 Å². The molecular weight excluding hydrogens is 245 g/mol. The van der Waals surface area contributed by atoms with Crippen LogP contribution < -0.4 is 5.32 Å². The SMILES string of the molecule is Cc1ccc(-c2noc(C3CCCCN3)n2)cc1F. The topological polar surface area (TPSA) is 51.0 Å². The van der Waals surface area contributed by atoms with Crippen LogP contribution in [0.4, 0.5) is 4.39 Å². The van der Waals surface area contributed by atoms with Crippen molar-refractivity contribution < 1.29 is 8.91 Å². The summed E-state index contributed by atoms with van der Waals surface area (Å²) in [4.78, 5) is 4.37. The third kappa shape index (κ3) is 2.51. The molecular formula is C14H16FN3O. The van der Waals surface area contributed by atoms with Gasteiger partial charge in [0, 0.05) is 5.56 Å². The van der Waals surface area contributed by atoms with Gasteiger partial charge in [-0.05, 0) is 37.9 Å². The molecule has 100 valence electrons. The van der Waals surface area contributed by atoms with Crippen LogP contribution in [0.2, 0.25) is 0 Å². The molecule has 0 saturated carbocycles. The van der Waals surface area contributed by atoms with Crippen molar-refractivity contribution in [3.05, 3.63) is 35.5 Å². The summed E-state index contributed by atoms with van der Waals surface area (Å²) >= 11 is 0. The maximum absolute atomic E-state index is 13.5. The van der Waals surface area contributed by atoms with E-state index in [1.807, 2.05) is 0 Å². The summed E-state index contributed by atoms with van der Waals surface area (Å²) in [6, 6.07) is 5.10. The standard InChI is InChI=1S/C14H16FN3O/c1-9-5-6-10(8-11(9)15)13-17-14(19-18-13)12-4-2-3-7-16-12/h5-6,8,12,16H,2-4,7H2,1H3. The molecule has 1 aromatic heterocycles. The molecule has 3 rings (SSSR count). The highest BCUT2D eigenvalue weighted by atomic mass is 19.1. The minimum atomic E-state index is -0.250. The summed E-state index contributed by atoms with van der Waals surface area (Å²) < 4.78 is 18.8. The minimum Gasteiger partial charge on any atom is -0.337 e. The van der Waals surface area contributed by atoms with Crippen molar-refractivity contribution in [2.24, 2.45) is 0 Å². The van der Waals surface area contributed by atoms with Crippen molar-refractivity contribution >= 4 is 0 Å². The third-order valence-electron chi connectivity index (χ3n) is 3.48. The summed E-state index contributed by atoms with van der Waals surface area (Å²) in [5, 5.41) is 7.29. The molecule has 0 aliphatic carbocycles. The number of aryl methyl sites for hydroxylation is 1. The molecule has 2 aromatic rings. The molecule has 1 aliphatic heterocycles. The Morgan fingerprint density at radius 1 is 1.37 bits per heavy atom. The zero-order valence-corrected chi connectivity index (χ0v) is 10.8. The monoisotopic (exact) mass is 261 g/mol. The van der Waals surface area contributed by atoms with Gasteiger partial charge in [0.1, 0.15) is 5.82 Å². The molecule has 0 spiro atoms. The van der Waals surface area contributed by atoms with Gasteiger partial charge >= 0.3 is 0 Å². The van der Waals surface area contributed by atoms with E-state index < -0.39 is 0 Å². The maximum atomic E-state index is 13.5. The predicted molar refractivity (Wildman–Crippen MR) is 69.0 cm³/mol. The van der Waals surface area contributed by atoms with Crippen molar-refractivity contribution in [1.82, 2.24) is 15.5 Å². The van der Waals surface area contributed by atoms with Gasteiger partial charge in [-0.1, -0.05) is 23.7 Å². The number of nitrogens with one attached hydrogen (secondary N) is 1. The van der Waals surface area contributed by atoms with Crippen LogP contribution in [0.5, 0.6) is 0 Å². The highest BCUT2D eigenvalue weighted by molar-refractivity contribution is 5.54. The molecule has 19 heavy (non-hydrogen) atoms. The number of nitrogens with zero attached hydrogens (tertiary/aromatic N) is 2. The van der Waals surface area contributed by atoms with Crippen molar-refractivity contribution in [2.45, 2.75) is 32.2 Å². The quantitative estimate of drug-likeness (QED) is 0.902. The van der Waals surface area contributed by atoms with Crippen LogP contribution in [0, 0.1) is 12.7 Å². The van der Waals surface area contributed by atoms with E-state index in [1.165, 1.54) is 12.5 Å². The lowest BCUT2D eigenvalue weighted by Crippen LogP contribution is -2.26. The normalized spacial score (nSPS) is 19.6. The second-order valence-electron chi connectivity index (χ2n) is 4.92. The molecule has 1 aliphatic rings. The molecule has 2 heterocycles. The Hall–Kier alpha value is -1.75. The Bertz CT molecular complexity index is 576. The summed E-state index contributed by atoms with van der Waals surface area (Å²) in [5.74, 6) is 0.789. The van der Waals surface area contributed by atoms with Crippen molar-refractivity contribution in [1.29, 1.82) is 0 Å². The first-order valence-electron chi connectivity index (χ1n) is 6.57. The number of benzene rings is 1. The number of hydrogen-bond acceptors (Lipinski definition) is 4. The molecule has 0 radical (unpaired) electrons. The highest BCUT2D eigenvalue weighted by Gasteiger charge is 2.21. The molecule has 1 N–H and O–H groups in total. The van der Waals surface area contributed by atoms with Crippen molar-refractivity contribution in [3.8, 4) is 11.4 Å². The molecule has 1 saturated heterocycles. The largest absolute Gasteiger partial charge is 0.337 e. The van der Waals surface area contributed by atoms with E-state index in [4.69, 9.17) is 4.52 Å². The smallest absolute Gasteiger partial charge is 0.244 e. The minimum absolute atomic E-state index is 0.130. The molecule has 4 nitrogen and oxygen atoms in total. The van der Waals surface area contributed by atoms with Gasteiger partial charge in [0.15, 0.2) is 0 Å². The fourth-order valence-electron chi connectivity index (χ4n) is 2.29. The van der Waals surface area contributed by atoms with Crippen LogP contribution in [0.25, 0.3) is 11.4 Å². The lowest BCUT2D eigenvalue weighted by atomic mass is 10.1. The zero-order chi connectivity index (χ0) is 13.2. The number of halogens is 1. The maximum Gasteiger partial charge on any atom is 0.244 e. The molecule has 0 bridgehead atoms. The Balaban J connectivity index is 1.85. The van der Waals surface area contributed by atoms with Gasteiger partial charge in [0.25, 0.3) is 0 Å². The number of piperidine rings is 1. The van der Waals surface area contributed by atoms with Crippen LogP contribution in [-0.2, 0) is 0 Å². The fraction of sp³-hybridized carbons (Fsp3) is 0.429. The Labute approximate surface area is 111 Å². The van der Waals surface area contributed by atoms with E-state index in [2.05, 4.69) is 15.5 Å². The zero-order valence-electron chi connectivity index (χ0n) is 10.8. The number of hydrogen-bond donors (Lipinski definition) is 1. The van der Waals surface area contributed by atoms with E-state index in [0.717, 1.165) is 19.4 Å². The lowest BCUT2D eigenvalue weighted by Gasteiger charge is -2.19. The molecule has 1 unspecified atom stereocenters. The Kier molecular flexibility index (Phi) is 3.29. The summed E-state index contributed by atoms with van der Waals surface area (Å²) in [7, 11) is 0. The van der Waals surface area contributed by atoms with Crippen LogP contribution in [-0.4, -0.2) is 16.7 Å². The van der Waals surface area contributed by atoms with Crippen molar-refractivity contribution in [2.75, 3.05) is 6.54 Å². The van der Waals surface area contributed by atoms with Gasteiger partial charge < -0.3 is 9.84 Å². The van der Waals surface area contributed by atoms with Crippen LogP contribution in [0.3, 0.4) is 0 Å². The first-order chi connectivity index (χ1) is 9.24. The molecule has 5 heteroatoms. The van der Waals surface area contributed by atoms with E-state index in [1.54, 1.807) is 19.1 Å². The van der Waals surface area contributed by atoms with E-state index >= 15 is 0 Å². The van der Waals surface area contributed by atoms with Gasteiger partial charge in [0.05, 0.1) is 6.04 Å². The van der Waals surface area contributed by atoms with Gasteiger partial charge in [-0.25, -0.2) is 4.39 Å². The molecule has 0 amide bonds. The van der Waals surface area contributed by atoms with Gasteiger partial charge in [-0.15, -0.1) is 0 Å². The van der Waals surface area contributed by atoms with E-state index in [9.17, 15) is 4.39 Å². The average molecular weight is 261 g/mol. The van der Waals surface area contributed by atoms with Gasteiger partial charge in [0.2, 0.25) is 11.7 Å². The van der Waals surface area contributed by atoms with Crippen LogP contribution in [0.1, 0.15) is 36.8 Å². The molecule has 1 fully saturated rings. The third-order valence-corrected chi connectivity index (χ3v) is 3.48. The number of aromatic nitrogens is 2. The Morgan fingerprint density at radius 2 is 2.26 bits per heavy atom. The van der Waals surface area contributed by atoms with Crippen LogP contribution >= 0.6 is 0 Å². The second kappa shape index (κ2) is 5.09. The van der Waals surface area contributed by atoms with Gasteiger partial charge in [-0.2, -0.15) is 4.98 Å². The lowest BCUT2D eigenvalue weighted by molar-refractivity contribution is 0.297. The number of rotatable bonds is 2. The van der Waals surface area contributed by atoms with Crippen molar-refractivity contribution in [3.63, 3.8) is 0 Å². The van der Waals surface area contributed by atoms with E-state index in [0.29, 0.717) is 22.8 Å².